The highest BCUT2D eigenvalue weighted by Crippen LogP contribution is 2.21. The van der Waals surface area contributed by atoms with Crippen molar-refractivity contribution in [3.63, 3.8) is 0 Å². The Morgan fingerprint density at radius 2 is 2.04 bits per heavy atom. The molecule has 0 aliphatic carbocycles. The number of aromatic nitrogens is 3. The maximum atomic E-state index is 13.6. The van der Waals surface area contributed by atoms with Gasteiger partial charge in [-0.25, -0.2) is 14.3 Å². The second kappa shape index (κ2) is 6.87. The monoisotopic (exact) mass is 318 g/mol. The number of nitrogens with zero attached hydrogens (tertiary/aromatic N) is 2. The molecule has 6 nitrogen and oxygen atoms in total. The highest BCUT2D eigenvalue weighted by Gasteiger charge is 2.25. The Hall–Kier alpha value is -2.28. The first kappa shape index (κ1) is 15.6. The zero-order chi connectivity index (χ0) is 16.2. The summed E-state index contributed by atoms with van der Waals surface area (Å²) in [5.41, 5.74) is 0.156. The Morgan fingerprint density at radius 3 is 2.70 bits per heavy atom. The summed E-state index contributed by atoms with van der Waals surface area (Å²) in [6, 6.07) is 6.42. The van der Waals surface area contributed by atoms with E-state index in [1.165, 1.54) is 6.07 Å². The van der Waals surface area contributed by atoms with Gasteiger partial charge in [-0.05, 0) is 37.6 Å². The largest absolute Gasteiger partial charge is 0.340 e. The van der Waals surface area contributed by atoms with E-state index in [0.29, 0.717) is 17.9 Å². The molecule has 0 bridgehead atoms. The summed E-state index contributed by atoms with van der Waals surface area (Å²) < 4.78 is 13.6. The Morgan fingerprint density at radius 1 is 1.30 bits per heavy atom. The Labute approximate surface area is 132 Å². The quantitative estimate of drug-likeness (QED) is 0.869. The molecular weight excluding hydrogens is 299 g/mol. The van der Waals surface area contributed by atoms with Crippen molar-refractivity contribution >= 4 is 5.78 Å². The van der Waals surface area contributed by atoms with Crippen molar-refractivity contribution in [1.82, 2.24) is 20.1 Å². The first-order chi connectivity index (χ1) is 11.1. The fourth-order valence-corrected chi connectivity index (χ4v) is 2.98. The van der Waals surface area contributed by atoms with Crippen LogP contribution in [0, 0.1) is 11.7 Å². The minimum absolute atomic E-state index is 0.0240. The molecule has 3 rings (SSSR count). The van der Waals surface area contributed by atoms with Gasteiger partial charge in [0.2, 0.25) is 0 Å². The van der Waals surface area contributed by atoms with Gasteiger partial charge in [-0.1, -0.05) is 18.2 Å². The van der Waals surface area contributed by atoms with Crippen molar-refractivity contribution in [2.75, 3.05) is 13.1 Å². The van der Waals surface area contributed by atoms with Gasteiger partial charge in [0, 0.05) is 12.3 Å². The second-order valence-corrected chi connectivity index (χ2v) is 5.91. The molecule has 1 saturated heterocycles. The number of piperidine rings is 1. The number of carbonyl (C=O) groups excluding carboxylic acids is 1. The number of ketones is 1. The van der Waals surface area contributed by atoms with Crippen molar-refractivity contribution in [1.29, 1.82) is 0 Å². The SMILES string of the molecule is O=C(Cc1ccccc1F)C1CCN(Cc2n[nH]c(=O)[nH]2)CC1. The van der Waals surface area contributed by atoms with E-state index in [1.807, 2.05) is 0 Å². The van der Waals surface area contributed by atoms with Crippen molar-refractivity contribution in [3.05, 3.63) is 52.0 Å². The van der Waals surface area contributed by atoms with Crippen molar-refractivity contribution in [3.8, 4) is 0 Å². The molecule has 1 fully saturated rings. The van der Waals surface area contributed by atoms with Crippen LogP contribution >= 0.6 is 0 Å². The molecular formula is C16H19FN4O2. The number of benzene rings is 1. The van der Waals surface area contributed by atoms with Crippen molar-refractivity contribution in [2.45, 2.75) is 25.8 Å². The van der Waals surface area contributed by atoms with Gasteiger partial charge in [0.15, 0.2) is 0 Å². The van der Waals surface area contributed by atoms with Gasteiger partial charge < -0.3 is 0 Å². The molecule has 0 unspecified atom stereocenters. The van der Waals surface area contributed by atoms with Crippen LogP contribution in [-0.2, 0) is 17.8 Å². The van der Waals surface area contributed by atoms with Crippen LogP contribution in [0.2, 0.25) is 0 Å². The molecule has 1 aromatic heterocycles. The van der Waals surface area contributed by atoms with Gasteiger partial charge in [-0.2, -0.15) is 5.10 Å². The van der Waals surface area contributed by atoms with Crippen LogP contribution in [0.4, 0.5) is 4.39 Å². The number of likely N-dealkylation sites (tertiary alicyclic amines) is 1. The third-order valence-corrected chi connectivity index (χ3v) is 4.29. The van der Waals surface area contributed by atoms with Crippen LogP contribution in [0.15, 0.2) is 29.1 Å². The number of aromatic amines is 2. The molecule has 0 saturated carbocycles. The van der Waals surface area contributed by atoms with E-state index in [1.54, 1.807) is 18.2 Å². The summed E-state index contributed by atoms with van der Waals surface area (Å²) >= 11 is 0. The van der Waals surface area contributed by atoms with Gasteiger partial charge in [-0.3, -0.25) is 14.7 Å². The summed E-state index contributed by atoms with van der Waals surface area (Å²) in [4.78, 5) is 28.1. The van der Waals surface area contributed by atoms with E-state index in [2.05, 4.69) is 20.1 Å². The molecule has 23 heavy (non-hydrogen) atoms. The summed E-state index contributed by atoms with van der Waals surface area (Å²) in [5.74, 6) is 0.360. The molecule has 0 amide bonds. The summed E-state index contributed by atoms with van der Waals surface area (Å²) in [5, 5.41) is 6.23. The zero-order valence-corrected chi connectivity index (χ0v) is 12.7. The van der Waals surface area contributed by atoms with Crippen LogP contribution in [0.5, 0.6) is 0 Å². The van der Waals surface area contributed by atoms with E-state index in [-0.39, 0.29) is 29.6 Å². The Bertz CT molecular complexity index is 731. The minimum atomic E-state index is -0.319. The lowest BCUT2D eigenvalue weighted by molar-refractivity contribution is -0.123. The molecule has 1 aliphatic heterocycles. The van der Waals surface area contributed by atoms with Gasteiger partial charge in [0.1, 0.15) is 17.4 Å². The number of hydrogen-bond donors (Lipinski definition) is 2. The van der Waals surface area contributed by atoms with Gasteiger partial charge in [0.05, 0.1) is 6.54 Å². The van der Waals surface area contributed by atoms with E-state index < -0.39 is 0 Å². The first-order valence-electron chi connectivity index (χ1n) is 7.74. The highest BCUT2D eigenvalue weighted by molar-refractivity contribution is 5.83. The predicted molar refractivity (Wildman–Crippen MR) is 82.3 cm³/mol. The number of H-pyrrole nitrogens is 2. The number of nitrogens with one attached hydrogen (secondary N) is 2. The molecule has 7 heteroatoms. The molecule has 2 aromatic rings. The second-order valence-electron chi connectivity index (χ2n) is 5.91. The number of halogens is 1. The van der Waals surface area contributed by atoms with Crippen molar-refractivity contribution < 1.29 is 9.18 Å². The molecule has 0 radical (unpaired) electrons. The van der Waals surface area contributed by atoms with E-state index in [9.17, 15) is 14.0 Å². The third-order valence-electron chi connectivity index (χ3n) is 4.29. The lowest BCUT2D eigenvalue weighted by atomic mass is 9.89. The van der Waals surface area contributed by atoms with Crippen LogP contribution in [0.1, 0.15) is 24.2 Å². The molecule has 2 heterocycles. The smallest absolute Gasteiger partial charge is 0.299 e. The third kappa shape index (κ3) is 3.92. The lowest BCUT2D eigenvalue weighted by Crippen LogP contribution is -2.36. The van der Waals surface area contributed by atoms with E-state index in [0.717, 1.165) is 25.9 Å². The van der Waals surface area contributed by atoms with Crippen molar-refractivity contribution in [2.24, 2.45) is 5.92 Å². The summed E-state index contributed by atoms with van der Waals surface area (Å²) in [7, 11) is 0. The number of Topliss-reactive ketones (excluding diaryl/α,β-unsaturated/α-hetero) is 1. The lowest BCUT2D eigenvalue weighted by Gasteiger charge is -2.30. The maximum absolute atomic E-state index is 13.6. The average Bonchev–Trinajstić information content (AvgIpc) is 2.95. The Kier molecular flexibility index (Phi) is 4.66. The Balaban J connectivity index is 1.51. The zero-order valence-electron chi connectivity index (χ0n) is 12.7. The predicted octanol–water partition coefficient (Wildman–Crippen LogP) is 1.26. The van der Waals surface area contributed by atoms with Crippen LogP contribution in [0.3, 0.4) is 0 Å². The van der Waals surface area contributed by atoms with Gasteiger partial charge in [-0.15, -0.1) is 0 Å². The number of hydrogen-bond acceptors (Lipinski definition) is 4. The molecule has 1 aromatic carbocycles. The van der Waals surface area contributed by atoms with E-state index >= 15 is 0 Å². The molecule has 0 spiro atoms. The highest BCUT2D eigenvalue weighted by atomic mass is 19.1. The number of carbonyl (C=O) groups is 1. The van der Waals surface area contributed by atoms with Gasteiger partial charge >= 0.3 is 5.69 Å². The summed E-state index contributed by atoms with van der Waals surface area (Å²) in [6.07, 6.45) is 1.66. The first-order valence-corrected chi connectivity index (χ1v) is 7.74. The molecule has 1 aliphatic rings. The topological polar surface area (TPSA) is 81.8 Å². The van der Waals surface area contributed by atoms with Crippen LogP contribution < -0.4 is 5.69 Å². The summed E-state index contributed by atoms with van der Waals surface area (Å²) in [6.45, 7) is 2.10. The normalized spacial score (nSPS) is 16.6. The number of rotatable bonds is 5. The van der Waals surface area contributed by atoms with E-state index in [4.69, 9.17) is 0 Å². The average molecular weight is 318 g/mol. The maximum Gasteiger partial charge on any atom is 0.340 e. The molecule has 0 atom stereocenters. The standard InChI is InChI=1S/C16H19FN4O2/c17-13-4-2-1-3-12(13)9-14(22)11-5-7-21(8-6-11)10-15-18-16(23)20-19-15/h1-4,11H,5-10H2,(H2,18,19,20,23). The molecule has 122 valence electrons. The van der Waals surface area contributed by atoms with Gasteiger partial charge in [0.25, 0.3) is 0 Å². The van der Waals surface area contributed by atoms with Crippen LogP contribution in [-0.4, -0.2) is 39.0 Å². The van der Waals surface area contributed by atoms with Crippen LogP contribution in [0.25, 0.3) is 0 Å². The fourth-order valence-electron chi connectivity index (χ4n) is 2.98. The fraction of sp³-hybridized carbons (Fsp3) is 0.438. The molecule has 2 N–H and O–H groups in total. The minimum Gasteiger partial charge on any atom is -0.299 e.